The first-order valence-electron chi connectivity index (χ1n) is 9.84. The molecule has 0 fully saturated rings. The van der Waals surface area contributed by atoms with Gasteiger partial charge >= 0.3 is 0 Å². The summed E-state index contributed by atoms with van der Waals surface area (Å²) in [6.07, 6.45) is 3.04. The summed E-state index contributed by atoms with van der Waals surface area (Å²) in [5, 5.41) is 0. The monoisotopic (exact) mass is 358 g/mol. The fourth-order valence-electron chi connectivity index (χ4n) is 3.82. The molecule has 3 rings (SSSR count). The van der Waals surface area contributed by atoms with Gasteiger partial charge in [0.25, 0.3) is 0 Å². The molecule has 0 aliphatic carbocycles. The van der Waals surface area contributed by atoms with E-state index in [2.05, 4.69) is 94.6 Å². The van der Waals surface area contributed by atoms with Crippen molar-refractivity contribution >= 4 is 11.9 Å². The van der Waals surface area contributed by atoms with Gasteiger partial charge in [0.05, 0.1) is 11.4 Å². The van der Waals surface area contributed by atoms with E-state index in [1.54, 1.807) is 0 Å². The van der Waals surface area contributed by atoms with Gasteiger partial charge in [-0.3, -0.25) is 4.99 Å². The molecule has 0 spiro atoms. The smallest absolute Gasteiger partial charge is 0.0664 e. The number of aliphatic imine (C=N–C) groups is 1. The predicted molar refractivity (Wildman–Crippen MR) is 117 cm³/mol. The Morgan fingerprint density at radius 3 is 2.44 bits per heavy atom. The van der Waals surface area contributed by atoms with Crippen LogP contribution in [0, 0.1) is 20.8 Å². The summed E-state index contributed by atoms with van der Waals surface area (Å²) in [5.41, 5.74) is 10.0. The highest BCUT2D eigenvalue weighted by atomic mass is 15.0. The van der Waals surface area contributed by atoms with Crippen LogP contribution in [0.1, 0.15) is 60.3 Å². The van der Waals surface area contributed by atoms with Gasteiger partial charge in [-0.15, -0.1) is 0 Å². The van der Waals surface area contributed by atoms with Crippen LogP contribution in [0.4, 0.5) is 5.69 Å². The molecule has 0 N–H and O–H groups in total. The molecule has 2 nitrogen and oxygen atoms in total. The zero-order valence-electron chi connectivity index (χ0n) is 17.4. The Labute approximate surface area is 163 Å². The molecule has 0 atom stereocenters. The summed E-state index contributed by atoms with van der Waals surface area (Å²) in [4.78, 5) is 4.83. The van der Waals surface area contributed by atoms with Crippen LogP contribution in [-0.2, 0) is 6.42 Å². The standard InChI is InChI=1S/C25H30N2/c1-7-21-12-10-11-18(4)25(21)27-19(5)15-22(20(27)6)16-26-24-14-9-8-13-23(24)17(2)3/h8-17H,7H2,1-6H3. The van der Waals surface area contributed by atoms with Gasteiger partial charge in [0.1, 0.15) is 0 Å². The van der Waals surface area contributed by atoms with Crippen molar-refractivity contribution in [3.8, 4) is 5.69 Å². The fraction of sp³-hybridized carbons (Fsp3) is 0.320. The molecule has 27 heavy (non-hydrogen) atoms. The summed E-state index contributed by atoms with van der Waals surface area (Å²) in [6, 6.07) is 17.2. The highest BCUT2D eigenvalue weighted by molar-refractivity contribution is 5.84. The first kappa shape index (κ1) is 19.2. The minimum atomic E-state index is 0.463. The number of para-hydroxylation sites is 2. The van der Waals surface area contributed by atoms with Gasteiger partial charge in [0.2, 0.25) is 0 Å². The third kappa shape index (κ3) is 3.75. The number of benzene rings is 2. The Morgan fingerprint density at radius 2 is 1.74 bits per heavy atom. The second-order valence-corrected chi connectivity index (χ2v) is 7.57. The minimum absolute atomic E-state index is 0.463. The molecule has 140 valence electrons. The molecule has 0 aliphatic rings. The number of aryl methyl sites for hydroxylation is 3. The average Bonchev–Trinajstić information content (AvgIpc) is 2.93. The van der Waals surface area contributed by atoms with Gasteiger partial charge in [-0.25, -0.2) is 0 Å². The Kier molecular flexibility index (Phi) is 5.65. The van der Waals surface area contributed by atoms with Crippen molar-refractivity contribution in [2.75, 3.05) is 0 Å². The molecule has 0 aliphatic heterocycles. The second kappa shape index (κ2) is 7.96. The van der Waals surface area contributed by atoms with Gasteiger partial charge in [-0.2, -0.15) is 0 Å². The number of rotatable bonds is 5. The molecule has 0 bridgehead atoms. The molecule has 0 saturated heterocycles. The predicted octanol–water partition coefficient (Wildman–Crippen LogP) is 6.84. The summed E-state index contributed by atoms with van der Waals surface area (Å²) in [6.45, 7) is 13.2. The van der Waals surface area contributed by atoms with E-state index < -0.39 is 0 Å². The van der Waals surface area contributed by atoms with Crippen LogP contribution in [0.15, 0.2) is 53.5 Å². The van der Waals surface area contributed by atoms with E-state index in [0.29, 0.717) is 5.92 Å². The number of aromatic nitrogens is 1. The molecular weight excluding hydrogens is 328 g/mol. The van der Waals surface area contributed by atoms with E-state index in [-0.39, 0.29) is 0 Å². The van der Waals surface area contributed by atoms with Gasteiger partial charge in [0.15, 0.2) is 0 Å². The zero-order chi connectivity index (χ0) is 19.6. The van der Waals surface area contributed by atoms with E-state index in [0.717, 1.165) is 12.1 Å². The third-order valence-electron chi connectivity index (χ3n) is 5.30. The van der Waals surface area contributed by atoms with Crippen LogP contribution in [0.5, 0.6) is 0 Å². The van der Waals surface area contributed by atoms with Gasteiger partial charge in [0, 0.05) is 23.2 Å². The van der Waals surface area contributed by atoms with E-state index in [9.17, 15) is 0 Å². The quantitative estimate of drug-likeness (QED) is 0.444. The summed E-state index contributed by atoms with van der Waals surface area (Å²) in [5.74, 6) is 0.463. The van der Waals surface area contributed by atoms with Crippen LogP contribution >= 0.6 is 0 Å². The van der Waals surface area contributed by atoms with Crippen molar-refractivity contribution < 1.29 is 0 Å². The highest BCUT2D eigenvalue weighted by Gasteiger charge is 2.14. The average molecular weight is 359 g/mol. The van der Waals surface area contributed by atoms with Crippen LogP contribution in [-0.4, -0.2) is 10.8 Å². The van der Waals surface area contributed by atoms with E-state index >= 15 is 0 Å². The van der Waals surface area contributed by atoms with Crippen molar-refractivity contribution in [3.05, 3.63) is 82.2 Å². The second-order valence-electron chi connectivity index (χ2n) is 7.57. The number of nitrogens with zero attached hydrogens (tertiary/aromatic N) is 2. The van der Waals surface area contributed by atoms with Crippen molar-refractivity contribution in [1.29, 1.82) is 0 Å². The lowest BCUT2D eigenvalue weighted by Gasteiger charge is -2.17. The lowest BCUT2D eigenvalue weighted by atomic mass is 10.0. The molecule has 0 unspecified atom stereocenters. The van der Waals surface area contributed by atoms with Crippen LogP contribution in [0.3, 0.4) is 0 Å². The Hall–Kier alpha value is -2.61. The maximum absolute atomic E-state index is 4.83. The number of hydrogen-bond donors (Lipinski definition) is 0. The third-order valence-corrected chi connectivity index (χ3v) is 5.30. The summed E-state index contributed by atoms with van der Waals surface area (Å²) in [7, 11) is 0. The Bertz CT molecular complexity index is 974. The Morgan fingerprint density at radius 1 is 1.00 bits per heavy atom. The van der Waals surface area contributed by atoms with Crippen molar-refractivity contribution in [1.82, 2.24) is 4.57 Å². The number of hydrogen-bond acceptors (Lipinski definition) is 1. The summed E-state index contributed by atoms with van der Waals surface area (Å²) >= 11 is 0. The molecule has 2 heteroatoms. The first-order valence-corrected chi connectivity index (χ1v) is 9.84. The first-order chi connectivity index (χ1) is 12.9. The van der Waals surface area contributed by atoms with Crippen molar-refractivity contribution in [2.24, 2.45) is 4.99 Å². The van der Waals surface area contributed by atoms with E-state index in [1.165, 1.54) is 39.3 Å². The van der Waals surface area contributed by atoms with E-state index in [1.807, 2.05) is 6.21 Å². The fourth-order valence-corrected chi connectivity index (χ4v) is 3.82. The van der Waals surface area contributed by atoms with Gasteiger partial charge < -0.3 is 4.57 Å². The normalized spacial score (nSPS) is 11.7. The van der Waals surface area contributed by atoms with Gasteiger partial charge in [-0.05, 0) is 61.9 Å². The topological polar surface area (TPSA) is 17.3 Å². The molecule has 3 aromatic rings. The lowest BCUT2D eigenvalue weighted by molar-refractivity contribution is 0.867. The molecular formula is C25H30N2. The molecule has 1 heterocycles. The minimum Gasteiger partial charge on any atom is -0.317 e. The van der Waals surface area contributed by atoms with E-state index in [4.69, 9.17) is 4.99 Å². The zero-order valence-corrected chi connectivity index (χ0v) is 17.4. The van der Waals surface area contributed by atoms with Crippen LogP contribution < -0.4 is 0 Å². The van der Waals surface area contributed by atoms with Crippen molar-refractivity contribution in [2.45, 2.75) is 53.9 Å². The maximum Gasteiger partial charge on any atom is 0.0664 e. The largest absolute Gasteiger partial charge is 0.317 e. The molecule has 0 amide bonds. The van der Waals surface area contributed by atoms with Gasteiger partial charge in [-0.1, -0.05) is 57.2 Å². The SMILES string of the molecule is CCc1cccc(C)c1-n1c(C)cc(C=Nc2ccccc2C(C)C)c1C. The van der Waals surface area contributed by atoms with Crippen LogP contribution in [0.25, 0.3) is 5.69 Å². The molecule has 0 saturated carbocycles. The molecule has 1 aromatic heterocycles. The summed E-state index contributed by atoms with van der Waals surface area (Å²) < 4.78 is 2.38. The van der Waals surface area contributed by atoms with Crippen LogP contribution in [0.2, 0.25) is 0 Å². The lowest BCUT2D eigenvalue weighted by Crippen LogP contribution is -2.05. The molecule has 2 aromatic carbocycles. The maximum atomic E-state index is 4.83. The highest BCUT2D eigenvalue weighted by Crippen LogP contribution is 2.28. The Balaban J connectivity index is 2.06. The van der Waals surface area contributed by atoms with Crippen molar-refractivity contribution in [3.63, 3.8) is 0 Å². The molecule has 0 radical (unpaired) electrons.